The minimum Gasteiger partial charge on any atom is -0.496 e. The van der Waals surface area contributed by atoms with Crippen LogP contribution < -0.4 is 10.1 Å². The number of carbonyl (C=O) groups is 1. The molecule has 1 aliphatic heterocycles. The third kappa shape index (κ3) is 5.33. The average molecular weight is 397 g/mol. The second kappa shape index (κ2) is 8.65. The van der Waals surface area contributed by atoms with Gasteiger partial charge in [0, 0.05) is 41.3 Å². The van der Waals surface area contributed by atoms with E-state index in [2.05, 4.69) is 40.0 Å². The van der Waals surface area contributed by atoms with Gasteiger partial charge in [-0.2, -0.15) is 0 Å². The Morgan fingerprint density at radius 3 is 2.79 bits per heavy atom. The van der Waals surface area contributed by atoms with Gasteiger partial charge in [-0.15, -0.1) is 0 Å². The zero-order chi connectivity index (χ0) is 17.6. The van der Waals surface area contributed by atoms with E-state index in [9.17, 15) is 4.79 Å². The highest BCUT2D eigenvalue weighted by Crippen LogP contribution is 2.24. The maximum Gasteiger partial charge on any atom is 0.244 e. The summed E-state index contributed by atoms with van der Waals surface area (Å²) in [6.45, 7) is 8.16. The molecule has 1 heterocycles. The highest BCUT2D eigenvalue weighted by molar-refractivity contribution is 9.10. The lowest BCUT2D eigenvalue weighted by Crippen LogP contribution is -2.55. The van der Waals surface area contributed by atoms with Crippen LogP contribution in [0.15, 0.2) is 28.7 Å². The monoisotopic (exact) mass is 396 g/mol. The first kappa shape index (κ1) is 19.0. The number of benzene rings is 1. The van der Waals surface area contributed by atoms with Gasteiger partial charge in [0.1, 0.15) is 5.75 Å². The van der Waals surface area contributed by atoms with Crippen molar-refractivity contribution in [2.24, 2.45) is 0 Å². The maximum absolute atomic E-state index is 12.1. The summed E-state index contributed by atoms with van der Waals surface area (Å²) in [5.74, 6) is 0.620. The van der Waals surface area contributed by atoms with Gasteiger partial charge >= 0.3 is 0 Å². The quantitative estimate of drug-likeness (QED) is 0.750. The van der Waals surface area contributed by atoms with Crippen LogP contribution in [0.2, 0.25) is 0 Å². The molecule has 1 fully saturated rings. The largest absolute Gasteiger partial charge is 0.496 e. The molecule has 1 amide bonds. The number of halogens is 1. The van der Waals surface area contributed by atoms with Crippen molar-refractivity contribution >= 4 is 27.9 Å². The van der Waals surface area contributed by atoms with E-state index in [-0.39, 0.29) is 11.4 Å². The van der Waals surface area contributed by atoms with Crippen LogP contribution in [0, 0.1) is 0 Å². The number of carbonyl (C=O) groups excluding carboxylic acids is 1. The first-order valence-corrected chi connectivity index (χ1v) is 8.84. The molecule has 1 N–H and O–H groups in total. The van der Waals surface area contributed by atoms with Gasteiger partial charge in [0.25, 0.3) is 0 Å². The van der Waals surface area contributed by atoms with E-state index in [0.29, 0.717) is 6.54 Å². The molecule has 132 valence electrons. The Kier molecular flexibility index (Phi) is 6.83. The highest BCUT2D eigenvalue weighted by atomic mass is 79.9. The molecule has 0 spiro atoms. The maximum atomic E-state index is 12.1. The smallest absolute Gasteiger partial charge is 0.244 e. The summed E-state index contributed by atoms with van der Waals surface area (Å²) in [4.78, 5) is 14.5. The van der Waals surface area contributed by atoms with Gasteiger partial charge in [0.15, 0.2) is 0 Å². The van der Waals surface area contributed by atoms with Crippen LogP contribution >= 0.6 is 15.9 Å². The van der Waals surface area contributed by atoms with Gasteiger partial charge in [0.2, 0.25) is 5.91 Å². The van der Waals surface area contributed by atoms with E-state index in [0.717, 1.165) is 42.1 Å². The lowest BCUT2D eigenvalue weighted by Gasteiger charge is -2.40. The van der Waals surface area contributed by atoms with E-state index in [1.54, 1.807) is 19.3 Å². The van der Waals surface area contributed by atoms with Crippen LogP contribution in [-0.4, -0.2) is 56.3 Å². The Bertz CT molecular complexity index is 596. The predicted octanol–water partition coefficient (Wildman–Crippen LogP) is 2.70. The second-order valence-electron chi connectivity index (χ2n) is 6.35. The summed E-state index contributed by atoms with van der Waals surface area (Å²) in [6.07, 6.45) is 3.31. The lowest BCUT2D eigenvalue weighted by atomic mass is 10.0. The van der Waals surface area contributed by atoms with Crippen LogP contribution in [0.3, 0.4) is 0 Å². The van der Waals surface area contributed by atoms with Gasteiger partial charge in [-0.3, -0.25) is 9.69 Å². The van der Waals surface area contributed by atoms with Gasteiger partial charge in [-0.05, 0) is 38.1 Å². The van der Waals surface area contributed by atoms with Crippen LogP contribution in [0.5, 0.6) is 5.75 Å². The number of rotatable bonds is 6. The van der Waals surface area contributed by atoms with E-state index in [4.69, 9.17) is 9.47 Å². The summed E-state index contributed by atoms with van der Waals surface area (Å²) in [6, 6.07) is 5.69. The fraction of sp³-hybridized carbons (Fsp3) is 0.500. The molecule has 6 heteroatoms. The molecule has 1 aromatic rings. The molecule has 1 saturated heterocycles. The Balaban J connectivity index is 1.92. The normalized spacial score (nSPS) is 16.3. The number of morpholine rings is 1. The van der Waals surface area contributed by atoms with Gasteiger partial charge < -0.3 is 14.8 Å². The number of ether oxygens (including phenoxy) is 2. The zero-order valence-corrected chi connectivity index (χ0v) is 16.1. The zero-order valence-electron chi connectivity index (χ0n) is 14.5. The van der Waals surface area contributed by atoms with Crippen molar-refractivity contribution in [1.82, 2.24) is 10.2 Å². The molecular weight excluding hydrogens is 372 g/mol. The second-order valence-corrected chi connectivity index (χ2v) is 7.26. The molecule has 0 atom stereocenters. The number of nitrogens with one attached hydrogen (secondary N) is 1. The van der Waals surface area contributed by atoms with E-state index >= 15 is 0 Å². The van der Waals surface area contributed by atoms with Gasteiger partial charge in [-0.1, -0.05) is 15.9 Å². The summed E-state index contributed by atoms with van der Waals surface area (Å²) in [5, 5.41) is 2.98. The summed E-state index contributed by atoms with van der Waals surface area (Å²) in [5.41, 5.74) is 0.760. The molecule has 24 heavy (non-hydrogen) atoms. The van der Waals surface area contributed by atoms with E-state index < -0.39 is 0 Å². The summed E-state index contributed by atoms with van der Waals surface area (Å²) in [7, 11) is 1.62. The Labute approximate surface area is 152 Å². The van der Waals surface area contributed by atoms with Crippen LogP contribution in [0.4, 0.5) is 0 Å². The number of nitrogens with zero attached hydrogens (tertiary/aromatic N) is 1. The standard InChI is InChI=1S/C18H25BrN2O3/c1-18(2,21-8-10-24-11-9-21)13-20-17(22)7-4-14-12-15(19)5-6-16(14)23-3/h4-7,12H,8-11,13H2,1-3H3,(H,20,22). The summed E-state index contributed by atoms with van der Waals surface area (Å²) >= 11 is 3.43. The molecule has 1 aliphatic rings. The van der Waals surface area contributed by atoms with Crippen LogP contribution in [0.1, 0.15) is 19.4 Å². The molecule has 2 rings (SSSR count). The molecule has 5 nitrogen and oxygen atoms in total. The van der Waals surface area contributed by atoms with Crippen molar-refractivity contribution in [2.75, 3.05) is 40.0 Å². The minimum atomic E-state index is -0.113. The molecule has 0 radical (unpaired) electrons. The summed E-state index contributed by atoms with van der Waals surface area (Å²) < 4.78 is 11.6. The van der Waals surface area contributed by atoms with E-state index in [1.165, 1.54) is 0 Å². The van der Waals surface area contributed by atoms with Crippen molar-refractivity contribution in [3.63, 3.8) is 0 Å². The SMILES string of the molecule is COc1ccc(Br)cc1C=CC(=O)NCC(C)(C)N1CCOCC1. The van der Waals surface area contributed by atoms with Crippen molar-refractivity contribution < 1.29 is 14.3 Å². The topological polar surface area (TPSA) is 50.8 Å². The number of hydrogen-bond acceptors (Lipinski definition) is 4. The average Bonchev–Trinajstić information content (AvgIpc) is 2.59. The van der Waals surface area contributed by atoms with Crippen molar-refractivity contribution in [2.45, 2.75) is 19.4 Å². The molecule has 0 saturated carbocycles. The third-order valence-electron chi connectivity index (χ3n) is 4.17. The molecular formula is C18H25BrN2O3. The Morgan fingerprint density at radius 1 is 1.42 bits per heavy atom. The fourth-order valence-electron chi connectivity index (χ4n) is 2.64. The fourth-order valence-corrected chi connectivity index (χ4v) is 3.02. The highest BCUT2D eigenvalue weighted by Gasteiger charge is 2.28. The molecule has 0 aliphatic carbocycles. The molecule has 0 aromatic heterocycles. The number of methoxy groups -OCH3 is 1. The van der Waals surface area contributed by atoms with Crippen molar-refractivity contribution in [3.8, 4) is 5.75 Å². The van der Waals surface area contributed by atoms with Crippen molar-refractivity contribution in [3.05, 3.63) is 34.3 Å². The first-order chi connectivity index (χ1) is 11.4. The van der Waals surface area contributed by atoms with Crippen LogP contribution in [0.25, 0.3) is 6.08 Å². The first-order valence-electron chi connectivity index (χ1n) is 8.04. The number of hydrogen-bond donors (Lipinski definition) is 1. The van der Waals surface area contributed by atoms with Crippen molar-refractivity contribution in [1.29, 1.82) is 0 Å². The molecule has 0 bridgehead atoms. The van der Waals surface area contributed by atoms with Crippen LogP contribution in [-0.2, 0) is 9.53 Å². The molecule has 0 unspecified atom stereocenters. The predicted molar refractivity (Wildman–Crippen MR) is 99.2 cm³/mol. The Hall–Kier alpha value is -1.37. The third-order valence-corrected chi connectivity index (χ3v) is 4.66. The Morgan fingerprint density at radius 2 is 2.12 bits per heavy atom. The number of amides is 1. The van der Waals surface area contributed by atoms with Gasteiger partial charge in [0.05, 0.1) is 20.3 Å². The van der Waals surface area contributed by atoms with E-state index in [1.807, 2.05) is 18.2 Å². The lowest BCUT2D eigenvalue weighted by molar-refractivity contribution is -0.117. The minimum absolute atomic E-state index is 0.0965. The molecule has 1 aromatic carbocycles. The van der Waals surface area contributed by atoms with Gasteiger partial charge in [-0.25, -0.2) is 0 Å².